The van der Waals surface area contributed by atoms with Gasteiger partial charge >= 0.3 is 0 Å². The number of aromatic hydroxyl groups is 1. The fourth-order valence-corrected chi connectivity index (χ4v) is 3.91. The number of benzene rings is 2. The molecule has 1 fully saturated rings. The highest BCUT2D eigenvalue weighted by Gasteiger charge is 2.41. The second-order valence-corrected chi connectivity index (χ2v) is 7.52. The Balaban J connectivity index is 1.89. The van der Waals surface area contributed by atoms with Crippen molar-refractivity contribution in [1.82, 2.24) is 10.9 Å². The van der Waals surface area contributed by atoms with E-state index in [0.717, 1.165) is 18.9 Å². The lowest BCUT2D eigenvalue weighted by Gasteiger charge is -2.28. The van der Waals surface area contributed by atoms with E-state index in [-0.39, 0.29) is 22.9 Å². The molecule has 3 N–H and O–H groups in total. The van der Waals surface area contributed by atoms with E-state index in [0.29, 0.717) is 24.8 Å². The van der Waals surface area contributed by atoms with Gasteiger partial charge in [-0.15, -0.1) is 11.6 Å². The summed E-state index contributed by atoms with van der Waals surface area (Å²) in [5, 5.41) is 9.98. The van der Waals surface area contributed by atoms with E-state index < -0.39 is 28.7 Å². The number of phenolic OH excluding ortho intramolecular Hbond substituents is 1. The summed E-state index contributed by atoms with van der Waals surface area (Å²) in [4.78, 5) is 24.1. The molecular weight excluding hydrogens is 402 g/mol. The summed E-state index contributed by atoms with van der Waals surface area (Å²) in [7, 11) is 0. The van der Waals surface area contributed by atoms with Gasteiger partial charge in [0.25, 0.3) is 5.91 Å². The molecule has 0 unspecified atom stereocenters. The van der Waals surface area contributed by atoms with Gasteiger partial charge < -0.3 is 5.11 Å². The molecule has 8 heteroatoms. The summed E-state index contributed by atoms with van der Waals surface area (Å²) in [6, 6.07) is 8.25. The van der Waals surface area contributed by atoms with Crippen LogP contribution in [0.4, 0.5) is 8.78 Å². The number of rotatable bonds is 5. The molecule has 5 nitrogen and oxygen atoms in total. The maximum absolute atomic E-state index is 14.4. The number of alkyl halides is 1. The Morgan fingerprint density at radius 1 is 1.03 bits per heavy atom. The molecule has 0 spiro atoms. The van der Waals surface area contributed by atoms with Crippen LogP contribution in [-0.4, -0.2) is 22.8 Å². The molecule has 0 aromatic heterocycles. The lowest BCUT2D eigenvalue weighted by molar-refractivity contribution is -0.135. The average Bonchev–Trinajstić information content (AvgIpc) is 3.19. The van der Waals surface area contributed by atoms with Gasteiger partial charge in [-0.3, -0.25) is 20.4 Å². The van der Waals surface area contributed by atoms with Crippen molar-refractivity contribution in [2.75, 3.05) is 5.88 Å². The van der Waals surface area contributed by atoms with Crippen molar-refractivity contribution in [2.45, 2.75) is 32.1 Å². The number of hydrazine groups is 1. The molecular formula is C21H21ClF2N2O3. The van der Waals surface area contributed by atoms with Crippen LogP contribution in [0.1, 0.15) is 31.2 Å². The van der Waals surface area contributed by atoms with Gasteiger partial charge in [0, 0.05) is 11.1 Å². The molecule has 2 amide bonds. The fraction of sp³-hybridized carbons (Fsp3) is 0.333. The molecule has 0 aliphatic heterocycles. The Hall–Kier alpha value is -2.67. The van der Waals surface area contributed by atoms with Crippen LogP contribution >= 0.6 is 11.6 Å². The highest BCUT2D eigenvalue weighted by Crippen LogP contribution is 2.42. The van der Waals surface area contributed by atoms with Gasteiger partial charge in [-0.1, -0.05) is 31.0 Å². The molecule has 1 aliphatic carbocycles. The van der Waals surface area contributed by atoms with Crippen LogP contribution in [0.2, 0.25) is 0 Å². The number of nitrogens with one attached hydrogen (secondary N) is 2. The number of hydrogen-bond acceptors (Lipinski definition) is 3. The first-order valence-electron chi connectivity index (χ1n) is 9.28. The second-order valence-electron chi connectivity index (χ2n) is 7.25. The van der Waals surface area contributed by atoms with Gasteiger partial charge in [-0.05, 0) is 43.0 Å². The Bertz CT molecular complexity index is 930. The van der Waals surface area contributed by atoms with Crippen LogP contribution < -0.4 is 10.9 Å². The summed E-state index contributed by atoms with van der Waals surface area (Å²) in [6.07, 6.45) is 3.27. The van der Waals surface area contributed by atoms with Gasteiger partial charge in [0.05, 0.1) is 5.41 Å². The maximum atomic E-state index is 14.4. The van der Waals surface area contributed by atoms with E-state index in [2.05, 4.69) is 10.9 Å². The minimum absolute atomic E-state index is 0.0450. The highest BCUT2D eigenvalue weighted by atomic mass is 35.5. The van der Waals surface area contributed by atoms with Crippen LogP contribution in [-0.2, 0) is 16.0 Å². The first kappa shape index (κ1) is 21.0. The number of carbonyl (C=O) groups excluding carboxylic acids is 2. The summed E-state index contributed by atoms with van der Waals surface area (Å²) in [6.45, 7) is 0. The van der Waals surface area contributed by atoms with Crippen molar-refractivity contribution in [3.8, 4) is 16.9 Å². The minimum Gasteiger partial charge on any atom is -0.504 e. The molecule has 0 saturated heterocycles. The number of halogens is 3. The molecule has 154 valence electrons. The summed E-state index contributed by atoms with van der Waals surface area (Å²) < 4.78 is 28.1. The topological polar surface area (TPSA) is 78.4 Å². The van der Waals surface area contributed by atoms with E-state index in [1.165, 1.54) is 24.3 Å². The van der Waals surface area contributed by atoms with Crippen molar-refractivity contribution in [3.63, 3.8) is 0 Å². The maximum Gasteiger partial charge on any atom is 0.253 e. The quantitative estimate of drug-likeness (QED) is 0.506. The first-order valence-corrected chi connectivity index (χ1v) is 9.81. The van der Waals surface area contributed by atoms with Gasteiger partial charge in [0.15, 0.2) is 11.6 Å². The molecule has 3 rings (SSSR count). The zero-order chi connectivity index (χ0) is 21.0. The van der Waals surface area contributed by atoms with Crippen LogP contribution in [0.15, 0.2) is 36.4 Å². The third-order valence-corrected chi connectivity index (χ3v) is 5.57. The van der Waals surface area contributed by atoms with Crippen molar-refractivity contribution in [3.05, 3.63) is 53.6 Å². The van der Waals surface area contributed by atoms with Crippen molar-refractivity contribution >= 4 is 23.4 Å². The van der Waals surface area contributed by atoms with Crippen molar-refractivity contribution in [2.24, 2.45) is 5.41 Å². The molecule has 2 aromatic carbocycles. The summed E-state index contributed by atoms with van der Waals surface area (Å²) in [5.74, 6) is -3.18. The molecule has 0 radical (unpaired) electrons. The predicted molar refractivity (Wildman–Crippen MR) is 105 cm³/mol. The van der Waals surface area contributed by atoms with E-state index >= 15 is 0 Å². The summed E-state index contributed by atoms with van der Waals surface area (Å²) in [5.41, 5.74) is 4.72. The van der Waals surface area contributed by atoms with Crippen LogP contribution in [0, 0.1) is 17.0 Å². The Morgan fingerprint density at radius 2 is 1.76 bits per heavy atom. The smallest absolute Gasteiger partial charge is 0.253 e. The standard InChI is InChI=1S/C21H21ClF2N2O3/c22-12-18(27)25-26-20(29)21(8-1-2-9-21)11-13-6-7-16(23)15(10-13)14-4-3-5-17(24)19(14)28/h3-7,10,28H,1-2,8-9,11-12H2,(H,25,27)(H,26,29). The predicted octanol–water partition coefficient (Wildman–Crippen LogP) is 3.83. The third-order valence-electron chi connectivity index (χ3n) is 5.33. The van der Waals surface area contributed by atoms with Crippen LogP contribution in [0.3, 0.4) is 0 Å². The number of para-hydroxylation sites is 1. The van der Waals surface area contributed by atoms with E-state index in [4.69, 9.17) is 11.6 Å². The molecule has 0 bridgehead atoms. The van der Waals surface area contributed by atoms with Gasteiger partial charge in [0.2, 0.25) is 5.91 Å². The molecule has 0 heterocycles. The number of amides is 2. The molecule has 1 aliphatic rings. The van der Waals surface area contributed by atoms with Crippen molar-refractivity contribution in [1.29, 1.82) is 0 Å². The van der Waals surface area contributed by atoms with Gasteiger partial charge in [-0.25, -0.2) is 8.78 Å². The Kier molecular flexibility index (Phi) is 6.37. The summed E-state index contributed by atoms with van der Waals surface area (Å²) >= 11 is 5.43. The molecule has 2 aromatic rings. The fourth-order valence-electron chi connectivity index (χ4n) is 3.84. The Labute approximate surface area is 172 Å². The number of hydrogen-bond donors (Lipinski definition) is 3. The third kappa shape index (κ3) is 4.50. The van der Waals surface area contributed by atoms with Crippen LogP contribution in [0.5, 0.6) is 5.75 Å². The van der Waals surface area contributed by atoms with Gasteiger partial charge in [0.1, 0.15) is 11.7 Å². The second kappa shape index (κ2) is 8.78. The molecule has 0 atom stereocenters. The number of carbonyl (C=O) groups is 2. The lowest BCUT2D eigenvalue weighted by atomic mass is 9.79. The van der Waals surface area contributed by atoms with E-state index in [1.54, 1.807) is 6.07 Å². The average molecular weight is 423 g/mol. The normalized spacial score (nSPS) is 15.1. The van der Waals surface area contributed by atoms with Gasteiger partial charge in [-0.2, -0.15) is 0 Å². The molecule has 29 heavy (non-hydrogen) atoms. The number of phenols is 1. The molecule has 1 saturated carbocycles. The monoisotopic (exact) mass is 422 g/mol. The highest BCUT2D eigenvalue weighted by molar-refractivity contribution is 6.27. The SMILES string of the molecule is O=C(CCl)NNC(=O)C1(Cc2ccc(F)c(-c3cccc(F)c3O)c2)CCCC1. The first-order chi connectivity index (χ1) is 13.9. The Morgan fingerprint density at radius 3 is 2.45 bits per heavy atom. The van der Waals surface area contributed by atoms with E-state index in [9.17, 15) is 23.5 Å². The van der Waals surface area contributed by atoms with Crippen molar-refractivity contribution < 1.29 is 23.5 Å². The van der Waals surface area contributed by atoms with Crippen LogP contribution in [0.25, 0.3) is 11.1 Å². The minimum atomic E-state index is -0.839. The van der Waals surface area contributed by atoms with E-state index in [1.807, 2.05) is 0 Å². The lowest BCUT2D eigenvalue weighted by Crippen LogP contribution is -2.49. The largest absolute Gasteiger partial charge is 0.504 e. The zero-order valence-electron chi connectivity index (χ0n) is 15.6. The zero-order valence-corrected chi connectivity index (χ0v) is 16.4.